The van der Waals surface area contributed by atoms with Gasteiger partial charge in [0.05, 0.1) is 45.2 Å². The Balaban J connectivity index is 0.000000114. The van der Waals surface area contributed by atoms with Crippen LogP contribution < -0.4 is 0 Å². The monoisotopic (exact) mass is 1840 g/mol. The van der Waals surface area contributed by atoms with Crippen LogP contribution in [-0.2, 0) is 0 Å². The van der Waals surface area contributed by atoms with Gasteiger partial charge in [-0.3, -0.25) is 13.2 Å². The molecule has 11 heteroatoms. The number of para-hydroxylation sites is 2. The molecule has 18 aromatic carbocycles. The number of benzene rings is 18. The van der Waals surface area contributed by atoms with Gasteiger partial charge in [-0.1, -0.05) is 400 Å². The minimum Gasteiger partial charge on any atom is -0.309 e. The highest BCUT2D eigenvalue weighted by Gasteiger charge is 2.24. The summed E-state index contributed by atoms with van der Waals surface area (Å²) in [5.41, 5.74) is 38.1. The van der Waals surface area contributed by atoms with E-state index in [0.717, 1.165) is 135 Å². The van der Waals surface area contributed by atoms with Crippen molar-refractivity contribution in [3.63, 3.8) is 0 Å². The molecule has 0 amide bonds. The molecule has 0 radical (unpaired) electrons. The Morgan fingerprint density at radius 3 is 0.895 bits per heavy atom. The quantitative estimate of drug-likeness (QED) is 0.0901. The van der Waals surface area contributed by atoms with Crippen LogP contribution in [0.15, 0.2) is 534 Å². The highest BCUT2D eigenvalue weighted by Crippen LogP contribution is 2.45. The summed E-state index contributed by atoms with van der Waals surface area (Å²) < 4.78 is 11.6. The van der Waals surface area contributed by atoms with Crippen molar-refractivity contribution in [2.75, 3.05) is 0 Å². The Morgan fingerprint density at radius 2 is 0.427 bits per heavy atom. The van der Waals surface area contributed by atoms with E-state index in [1.165, 1.54) is 92.2 Å². The van der Waals surface area contributed by atoms with Crippen LogP contribution in [0.5, 0.6) is 0 Å². The van der Waals surface area contributed by atoms with Crippen LogP contribution in [0.4, 0.5) is 0 Å². The minimum atomic E-state index is 0.605. The van der Waals surface area contributed by atoms with Crippen molar-refractivity contribution in [2.45, 2.75) is 0 Å². The molecule has 143 heavy (non-hydrogen) atoms. The number of aromatic nitrogens is 10. The van der Waals surface area contributed by atoms with Gasteiger partial charge in [-0.05, 0) is 193 Å². The maximum absolute atomic E-state index is 5.17. The summed E-state index contributed by atoms with van der Waals surface area (Å²) >= 11 is 1.86. The van der Waals surface area contributed by atoms with Crippen molar-refractivity contribution >= 4 is 70.3 Å². The maximum atomic E-state index is 5.17. The van der Waals surface area contributed by atoms with Crippen molar-refractivity contribution in [3.8, 4) is 185 Å². The van der Waals surface area contributed by atoms with E-state index in [-0.39, 0.29) is 0 Å². The van der Waals surface area contributed by atoms with E-state index in [4.69, 9.17) is 29.9 Å². The standard InChI is InChI=1S/C52H35N5.C43H29N3.C37H24N2S/c1-5-16-36(17-6-1)38-27-29-41(30-28-38)51-54-50(40-22-11-4-12-23-40)55-52(56-51)46-34-44(37-18-7-2-8-19-37)33-45(35-46)42-24-15-25-43(32-42)48-49(39-20-9-3-10-21-39)57-31-14-13-26-47(57)53-48;1-3-12-32(13-4-1)43-42(44-41-20-9-10-27-45(41)43)35-15-11-14-33(28-35)30-21-23-31(24-22-30)34-25-26-38-37-18-7-8-19-39(37)46(40(38)29-34)36-16-5-2-6-17-36;1-2-10-25(11-3-1)37-36(38-35-18-6-7-21-39(35)37)30-15-9-14-28(23-30)26-12-8-13-27(22-26)29-19-20-32-31-16-4-5-17-33(31)40-34(32)24-29/h1-35H;1-29H;1-24H. The summed E-state index contributed by atoms with van der Waals surface area (Å²) in [7, 11) is 0. The van der Waals surface area contributed by atoms with Gasteiger partial charge in [0, 0.05) is 105 Å². The molecule has 0 aliphatic carbocycles. The molecule has 0 N–H and O–H groups in total. The third-order valence-electron chi connectivity index (χ3n) is 26.8. The molecule has 0 saturated carbocycles. The van der Waals surface area contributed by atoms with Gasteiger partial charge in [0.15, 0.2) is 17.5 Å². The highest BCUT2D eigenvalue weighted by molar-refractivity contribution is 7.25. The van der Waals surface area contributed by atoms with E-state index in [1.807, 2.05) is 84.1 Å². The predicted molar refractivity (Wildman–Crippen MR) is 593 cm³/mol. The SMILES string of the molecule is c1ccc(-c2c(-c3cccc(-c4ccc(-c5ccc6c7ccccc7n(-c7ccccc7)c6c5)cc4)c3)nc3ccccn23)cc1.c1ccc(-c2c(-c3cccc(-c4cccc(-c5ccc6c(c5)sc5ccccc56)c4)c3)nc3ccccn23)cc1.c1ccc(-c2ccc(-c3nc(-c4ccccc4)nc(-c4cc(-c5ccccc5)cc(-c5cccc(-c6nc7ccccn7c6-c6ccccc6)c5)c4)n3)cc2)cc1. The molecular formula is C132H88N10S. The Bertz CT molecular complexity index is 9360. The van der Waals surface area contributed by atoms with Gasteiger partial charge >= 0.3 is 0 Å². The van der Waals surface area contributed by atoms with E-state index in [2.05, 4.69) is 479 Å². The fraction of sp³-hybridized carbons (Fsp3) is 0. The fourth-order valence-corrected chi connectivity index (χ4v) is 21.0. The molecule has 27 rings (SSSR count). The van der Waals surface area contributed by atoms with Gasteiger partial charge < -0.3 is 4.57 Å². The van der Waals surface area contributed by atoms with Gasteiger partial charge in [-0.15, -0.1) is 11.3 Å². The molecule has 0 aliphatic rings. The Morgan fingerprint density at radius 1 is 0.154 bits per heavy atom. The van der Waals surface area contributed by atoms with Crippen LogP contribution in [0, 0.1) is 0 Å². The average Bonchev–Trinajstić information content (AvgIpc) is 1.56. The van der Waals surface area contributed by atoms with Crippen LogP contribution >= 0.6 is 11.3 Å². The lowest BCUT2D eigenvalue weighted by Crippen LogP contribution is -2.00. The Labute approximate surface area is 831 Å². The van der Waals surface area contributed by atoms with Gasteiger partial charge in [0.25, 0.3) is 0 Å². The second-order valence-electron chi connectivity index (χ2n) is 35.7. The topological polar surface area (TPSA) is 95.5 Å². The second kappa shape index (κ2) is 37.9. The van der Waals surface area contributed by atoms with Crippen molar-refractivity contribution < 1.29 is 0 Å². The van der Waals surface area contributed by atoms with Crippen molar-refractivity contribution in [3.05, 3.63) is 534 Å². The minimum absolute atomic E-state index is 0.605. The van der Waals surface area contributed by atoms with Crippen LogP contribution in [-0.4, -0.2) is 47.7 Å². The molecule has 0 unspecified atom stereocenters. The normalized spacial score (nSPS) is 11.4. The first kappa shape index (κ1) is 85.7. The van der Waals surface area contributed by atoms with Gasteiger partial charge in [0.2, 0.25) is 0 Å². The number of hydrogen-bond donors (Lipinski definition) is 0. The van der Waals surface area contributed by atoms with Gasteiger partial charge in [-0.25, -0.2) is 29.9 Å². The summed E-state index contributed by atoms with van der Waals surface area (Å²) in [5.74, 6) is 1.84. The Hall–Kier alpha value is -18.9. The number of rotatable bonds is 17. The summed E-state index contributed by atoms with van der Waals surface area (Å²) in [4.78, 5) is 30.6. The summed E-state index contributed by atoms with van der Waals surface area (Å²) in [5, 5.41) is 5.19. The average molecular weight is 1850 g/mol. The molecule has 672 valence electrons. The van der Waals surface area contributed by atoms with Crippen LogP contribution in [0.25, 0.3) is 244 Å². The van der Waals surface area contributed by atoms with E-state index >= 15 is 0 Å². The molecular weight excluding hydrogens is 1760 g/mol. The van der Waals surface area contributed by atoms with E-state index in [1.54, 1.807) is 0 Å². The zero-order valence-electron chi connectivity index (χ0n) is 77.7. The molecule has 0 spiro atoms. The van der Waals surface area contributed by atoms with Gasteiger partial charge in [-0.2, -0.15) is 0 Å². The zero-order valence-corrected chi connectivity index (χ0v) is 78.5. The van der Waals surface area contributed by atoms with Gasteiger partial charge in [0.1, 0.15) is 16.9 Å². The molecule has 27 aromatic rings. The maximum Gasteiger partial charge on any atom is 0.164 e. The first-order valence-electron chi connectivity index (χ1n) is 48.2. The van der Waals surface area contributed by atoms with E-state index < -0.39 is 0 Å². The molecule has 9 heterocycles. The summed E-state index contributed by atoms with van der Waals surface area (Å²) in [6.07, 6.45) is 6.26. The number of thiophene rings is 1. The molecule has 0 atom stereocenters. The lowest BCUT2D eigenvalue weighted by molar-refractivity contribution is 1.07. The largest absolute Gasteiger partial charge is 0.309 e. The number of hydrogen-bond acceptors (Lipinski definition) is 7. The Kier molecular flexibility index (Phi) is 22.7. The van der Waals surface area contributed by atoms with Crippen molar-refractivity contribution in [1.29, 1.82) is 0 Å². The number of nitrogens with zero attached hydrogens (tertiary/aromatic N) is 10. The molecule has 0 aliphatic heterocycles. The molecule has 0 fully saturated rings. The predicted octanol–water partition coefficient (Wildman–Crippen LogP) is 34.3. The third kappa shape index (κ3) is 17.0. The highest BCUT2D eigenvalue weighted by atomic mass is 32.1. The van der Waals surface area contributed by atoms with Crippen LogP contribution in [0.3, 0.4) is 0 Å². The smallest absolute Gasteiger partial charge is 0.164 e. The summed E-state index contributed by atoms with van der Waals surface area (Å²) in [6, 6.07) is 182. The van der Waals surface area contributed by atoms with Crippen molar-refractivity contribution in [2.24, 2.45) is 0 Å². The van der Waals surface area contributed by atoms with E-state index in [9.17, 15) is 0 Å². The lowest BCUT2D eigenvalue weighted by atomic mass is 9.94. The second-order valence-corrected chi connectivity index (χ2v) is 36.8. The van der Waals surface area contributed by atoms with Crippen LogP contribution in [0.1, 0.15) is 0 Å². The lowest BCUT2D eigenvalue weighted by Gasteiger charge is -2.13. The zero-order chi connectivity index (χ0) is 94.9. The molecule has 0 saturated heterocycles. The number of pyridine rings is 3. The van der Waals surface area contributed by atoms with E-state index in [0.29, 0.717) is 17.5 Å². The molecule has 0 bridgehead atoms. The van der Waals surface area contributed by atoms with Crippen LogP contribution in [0.2, 0.25) is 0 Å². The first-order valence-corrected chi connectivity index (χ1v) is 49.0. The fourth-order valence-electron chi connectivity index (χ4n) is 19.9. The number of imidazole rings is 3. The van der Waals surface area contributed by atoms with Crippen molar-refractivity contribution in [1.82, 2.24) is 47.7 Å². The summed E-state index contributed by atoms with van der Waals surface area (Å²) in [6.45, 7) is 0. The number of fused-ring (bicyclic) bond motifs is 9. The molecule has 10 nitrogen and oxygen atoms in total. The molecule has 9 aromatic heterocycles. The first-order chi connectivity index (χ1) is 70.9. The third-order valence-corrected chi connectivity index (χ3v) is 28.0.